The standard InChI is InChI=1S/C12H27NO6Si/c1-15-9-10-19-12(14)6-8-13-7-5-11-20(16-2,17-3)18-4/h13H,5-11H2,1-4H3. The van der Waals surface area contributed by atoms with E-state index >= 15 is 0 Å². The SMILES string of the molecule is COCCOC(=O)CCNCCC[Si](OC)(OC)OC. The van der Waals surface area contributed by atoms with E-state index in [1.165, 1.54) is 0 Å². The molecule has 7 nitrogen and oxygen atoms in total. The van der Waals surface area contributed by atoms with Gasteiger partial charge in [0.15, 0.2) is 0 Å². The van der Waals surface area contributed by atoms with E-state index in [0.29, 0.717) is 26.2 Å². The number of esters is 1. The molecule has 0 aromatic carbocycles. The molecule has 0 saturated carbocycles. The minimum absolute atomic E-state index is 0.219. The predicted molar refractivity (Wildman–Crippen MR) is 76.5 cm³/mol. The summed E-state index contributed by atoms with van der Waals surface area (Å²) in [4.78, 5) is 11.3. The highest BCUT2D eigenvalue weighted by Gasteiger charge is 2.36. The summed E-state index contributed by atoms with van der Waals surface area (Å²) in [7, 11) is 3.90. The van der Waals surface area contributed by atoms with Gasteiger partial charge in [-0.15, -0.1) is 0 Å². The van der Waals surface area contributed by atoms with Gasteiger partial charge in [0.1, 0.15) is 6.61 Å². The van der Waals surface area contributed by atoms with Gasteiger partial charge in [0.2, 0.25) is 0 Å². The van der Waals surface area contributed by atoms with Crippen molar-refractivity contribution in [2.24, 2.45) is 0 Å². The second-order valence-electron chi connectivity index (χ2n) is 4.11. The lowest BCUT2D eigenvalue weighted by atomic mass is 10.4. The minimum Gasteiger partial charge on any atom is -0.463 e. The molecule has 0 aliphatic carbocycles. The van der Waals surface area contributed by atoms with Gasteiger partial charge >= 0.3 is 14.8 Å². The number of rotatable bonds is 13. The fourth-order valence-electron chi connectivity index (χ4n) is 1.61. The lowest BCUT2D eigenvalue weighted by Crippen LogP contribution is -2.43. The molecule has 0 radical (unpaired) electrons. The Morgan fingerprint density at radius 3 is 2.20 bits per heavy atom. The van der Waals surface area contributed by atoms with Gasteiger partial charge in [0.05, 0.1) is 13.0 Å². The van der Waals surface area contributed by atoms with Crippen LogP contribution in [-0.2, 0) is 27.5 Å². The van der Waals surface area contributed by atoms with Crippen LogP contribution in [-0.4, -0.2) is 69.5 Å². The smallest absolute Gasteiger partial charge is 0.463 e. The van der Waals surface area contributed by atoms with E-state index < -0.39 is 8.80 Å². The van der Waals surface area contributed by atoms with Crippen molar-refractivity contribution in [3.05, 3.63) is 0 Å². The first kappa shape index (κ1) is 19.5. The van der Waals surface area contributed by atoms with Crippen LogP contribution >= 0.6 is 0 Å². The molecule has 8 heteroatoms. The van der Waals surface area contributed by atoms with Crippen molar-refractivity contribution < 1.29 is 27.5 Å². The third kappa shape index (κ3) is 8.62. The van der Waals surface area contributed by atoms with E-state index in [2.05, 4.69) is 5.32 Å². The Hall–Kier alpha value is -0.513. The first-order valence-electron chi connectivity index (χ1n) is 6.65. The molecule has 120 valence electrons. The van der Waals surface area contributed by atoms with Crippen molar-refractivity contribution in [2.75, 3.05) is 54.7 Å². The first-order chi connectivity index (χ1) is 9.64. The quantitative estimate of drug-likeness (QED) is 0.300. The summed E-state index contributed by atoms with van der Waals surface area (Å²) in [5, 5.41) is 3.18. The van der Waals surface area contributed by atoms with Crippen LogP contribution in [0, 0.1) is 0 Å². The lowest BCUT2D eigenvalue weighted by Gasteiger charge is -2.24. The average molecular weight is 309 g/mol. The molecular formula is C12H27NO6Si. The van der Waals surface area contributed by atoms with E-state index in [1.54, 1.807) is 28.4 Å². The highest BCUT2D eigenvalue weighted by atomic mass is 28.4. The van der Waals surface area contributed by atoms with Crippen molar-refractivity contribution in [1.82, 2.24) is 5.32 Å². The van der Waals surface area contributed by atoms with Crippen LogP contribution in [0.3, 0.4) is 0 Å². The maximum absolute atomic E-state index is 11.3. The van der Waals surface area contributed by atoms with Gasteiger partial charge < -0.3 is 28.1 Å². The number of carbonyl (C=O) groups excluding carboxylic acids is 1. The summed E-state index contributed by atoms with van der Waals surface area (Å²) in [6, 6.07) is 0.738. The van der Waals surface area contributed by atoms with Crippen LogP contribution in [0.2, 0.25) is 6.04 Å². The molecular weight excluding hydrogens is 282 g/mol. The molecule has 0 aliphatic heterocycles. The summed E-state index contributed by atoms with van der Waals surface area (Å²) in [6.45, 7) is 2.10. The van der Waals surface area contributed by atoms with Crippen LogP contribution in [0.15, 0.2) is 0 Å². The number of hydrogen-bond acceptors (Lipinski definition) is 7. The molecule has 0 atom stereocenters. The topological polar surface area (TPSA) is 75.3 Å². The molecule has 0 spiro atoms. The molecule has 0 aromatic rings. The van der Waals surface area contributed by atoms with Crippen LogP contribution in [0.25, 0.3) is 0 Å². The number of methoxy groups -OCH3 is 1. The fourth-order valence-corrected chi connectivity index (χ4v) is 3.33. The third-order valence-corrected chi connectivity index (χ3v) is 5.66. The van der Waals surface area contributed by atoms with Crippen LogP contribution < -0.4 is 5.32 Å². The molecule has 0 heterocycles. The van der Waals surface area contributed by atoms with Gasteiger partial charge in [-0.3, -0.25) is 4.79 Å². The Morgan fingerprint density at radius 2 is 1.65 bits per heavy atom. The molecule has 0 aromatic heterocycles. The highest BCUT2D eigenvalue weighted by molar-refractivity contribution is 6.60. The van der Waals surface area contributed by atoms with Crippen molar-refractivity contribution in [3.8, 4) is 0 Å². The van der Waals surface area contributed by atoms with Gasteiger partial charge in [-0.2, -0.15) is 0 Å². The number of carbonyl (C=O) groups is 1. The molecule has 0 aliphatic rings. The van der Waals surface area contributed by atoms with Crippen LogP contribution in [0.5, 0.6) is 0 Å². The molecule has 20 heavy (non-hydrogen) atoms. The second kappa shape index (κ2) is 12.2. The monoisotopic (exact) mass is 309 g/mol. The predicted octanol–water partition coefficient (Wildman–Crippen LogP) is 0.424. The zero-order valence-corrected chi connectivity index (χ0v) is 13.9. The van der Waals surface area contributed by atoms with Crippen LogP contribution in [0.1, 0.15) is 12.8 Å². The van der Waals surface area contributed by atoms with E-state index in [4.69, 9.17) is 22.8 Å². The second-order valence-corrected chi connectivity index (χ2v) is 7.20. The van der Waals surface area contributed by atoms with E-state index in [9.17, 15) is 4.79 Å². The Bertz CT molecular complexity index is 242. The fraction of sp³-hybridized carbons (Fsp3) is 0.917. The Labute approximate surface area is 122 Å². The summed E-state index contributed by atoms with van der Waals surface area (Å²) in [5.41, 5.74) is 0. The molecule has 1 N–H and O–H groups in total. The zero-order valence-electron chi connectivity index (χ0n) is 12.9. The van der Waals surface area contributed by atoms with E-state index in [1.807, 2.05) is 0 Å². The number of hydrogen-bond donors (Lipinski definition) is 1. The van der Waals surface area contributed by atoms with Crippen molar-refractivity contribution in [1.29, 1.82) is 0 Å². The number of ether oxygens (including phenoxy) is 2. The summed E-state index contributed by atoms with van der Waals surface area (Å²) in [6.07, 6.45) is 1.21. The molecule has 0 fully saturated rings. The van der Waals surface area contributed by atoms with Crippen LogP contribution in [0.4, 0.5) is 0 Å². The first-order valence-corrected chi connectivity index (χ1v) is 8.58. The van der Waals surface area contributed by atoms with E-state index in [-0.39, 0.29) is 5.97 Å². The maximum Gasteiger partial charge on any atom is 0.500 e. The third-order valence-electron chi connectivity index (χ3n) is 2.83. The summed E-state index contributed by atoms with van der Waals surface area (Å²) >= 11 is 0. The number of nitrogens with one attached hydrogen (secondary N) is 1. The van der Waals surface area contributed by atoms with Gasteiger partial charge in [0.25, 0.3) is 0 Å². The minimum atomic E-state index is -2.47. The molecule has 0 bridgehead atoms. The van der Waals surface area contributed by atoms with E-state index in [0.717, 1.165) is 19.0 Å². The van der Waals surface area contributed by atoms with Crippen molar-refractivity contribution >= 4 is 14.8 Å². The zero-order chi connectivity index (χ0) is 15.3. The Balaban J connectivity index is 3.55. The molecule has 0 unspecified atom stereocenters. The normalized spacial score (nSPS) is 11.6. The lowest BCUT2D eigenvalue weighted by molar-refractivity contribution is -0.144. The maximum atomic E-state index is 11.3. The summed E-state index contributed by atoms with van der Waals surface area (Å²) < 4.78 is 25.7. The molecule has 0 rings (SSSR count). The van der Waals surface area contributed by atoms with Gasteiger partial charge in [-0.1, -0.05) is 0 Å². The Kier molecular flexibility index (Phi) is 11.9. The summed E-state index contributed by atoms with van der Waals surface area (Å²) in [5.74, 6) is -0.219. The largest absolute Gasteiger partial charge is 0.500 e. The van der Waals surface area contributed by atoms with Crippen molar-refractivity contribution in [2.45, 2.75) is 18.9 Å². The van der Waals surface area contributed by atoms with Gasteiger partial charge in [-0.05, 0) is 13.0 Å². The van der Waals surface area contributed by atoms with Crippen molar-refractivity contribution in [3.63, 3.8) is 0 Å². The van der Waals surface area contributed by atoms with Gasteiger partial charge in [-0.25, -0.2) is 0 Å². The van der Waals surface area contributed by atoms with Gasteiger partial charge in [0, 0.05) is 41.0 Å². The average Bonchev–Trinajstić information content (AvgIpc) is 2.47. The Morgan fingerprint density at radius 1 is 1.00 bits per heavy atom. The molecule has 0 saturated heterocycles. The molecule has 0 amide bonds. The highest BCUT2D eigenvalue weighted by Crippen LogP contribution is 2.14.